The van der Waals surface area contributed by atoms with E-state index in [1.807, 2.05) is 5.32 Å². The fourth-order valence-corrected chi connectivity index (χ4v) is 7.90. The summed E-state index contributed by atoms with van der Waals surface area (Å²) in [5.74, 6) is -6.31. The zero-order valence-electron chi connectivity index (χ0n) is 37.6. The van der Waals surface area contributed by atoms with Gasteiger partial charge in [0.2, 0.25) is 0 Å². The van der Waals surface area contributed by atoms with Gasteiger partial charge in [-0.15, -0.1) is 0 Å². The molecule has 3 aromatic rings. The van der Waals surface area contributed by atoms with Crippen LogP contribution in [0.2, 0.25) is 0 Å². The third-order valence-corrected chi connectivity index (χ3v) is 11.6. The number of methoxy groups -OCH3 is 3. The van der Waals surface area contributed by atoms with Gasteiger partial charge in [0.25, 0.3) is 22.7 Å². The zero-order valence-corrected chi connectivity index (χ0v) is 37.6. The molecule has 0 radical (unpaired) electrons. The van der Waals surface area contributed by atoms with Gasteiger partial charge in [-0.05, 0) is 12.8 Å². The van der Waals surface area contributed by atoms with Crippen LogP contribution in [0.1, 0.15) is 114 Å². The number of esters is 2. The average Bonchev–Trinajstić information content (AvgIpc) is 3.27. The molecule has 3 rings (SSSR count). The number of rotatable bonds is 28. The van der Waals surface area contributed by atoms with Crippen LogP contribution in [0.15, 0.2) is 91.0 Å². The van der Waals surface area contributed by atoms with Gasteiger partial charge in [-0.1, -0.05) is 175 Å². The molecule has 0 spiro atoms. The summed E-state index contributed by atoms with van der Waals surface area (Å²) in [5, 5.41) is 1.98. The van der Waals surface area contributed by atoms with Gasteiger partial charge in [-0.3, -0.25) is 4.79 Å². The van der Waals surface area contributed by atoms with Gasteiger partial charge in [0.05, 0.1) is 0 Å². The van der Waals surface area contributed by atoms with Crippen molar-refractivity contribution >= 4 is 17.8 Å². The average molecular weight is 950 g/mol. The van der Waals surface area contributed by atoms with Gasteiger partial charge in [-0.25, -0.2) is 9.59 Å². The maximum Gasteiger partial charge on any atom is 0.432 e. The summed E-state index contributed by atoms with van der Waals surface area (Å²) < 4.78 is 161. The minimum absolute atomic E-state index is 0.0228. The quantitative estimate of drug-likeness (QED) is 0.0435. The van der Waals surface area contributed by atoms with Gasteiger partial charge in [0, 0.05) is 38.0 Å². The molecule has 0 aliphatic rings. The number of ether oxygens (including phenoxy) is 5. The Kier molecular flexibility index (Phi) is 21.5. The fourth-order valence-electron chi connectivity index (χ4n) is 7.90. The largest absolute Gasteiger partial charge is 0.461 e. The molecule has 0 aliphatic carbocycles. The number of hydrogen-bond acceptors (Lipinski definition) is 8. The van der Waals surface area contributed by atoms with Crippen molar-refractivity contribution in [2.45, 2.75) is 144 Å². The molecule has 5 atom stereocenters. The summed E-state index contributed by atoms with van der Waals surface area (Å²) in [6.07, 6.45) is -7.78. The molecule has 0 saturated heterocycles. The number of carbonyl (C=O) groups excluding carboxylic acids is 3. The van der Waals surface area contributed by atoms with E-state index in [9.17, 15) is 27.6 Å². The third kappa shape index (κ3) is 13.3. The first-order chi connectivity index (χ1) is 31.2. The molecule has 1 N–H and O–H groups in total. The lowest BCUT2D eigenvalue weighted by molar-refractivity contribution is -0.280. The fraction of sp³-hybridized carbons (Fsp3) is 0.562. The molecule has 0 aromatic heterocycles. The summed E-state index contributed by atoms with van der Waals surface area (Å²) in [6.45, 7) is 0.668. The highest BCUT2D eigenvalue weighted by molar-refractivity contribution is 5.88. The third-order valence-electron chi connectivity index (χ3n) is 11.6. The Balaban J connectivity index is 2.11. The van der Waals surface area contributed by atoms with E-state index in [0.29, 0.717) is 34.2 Å². The van der Waals surface area contributed by atoms with Gasteiger partial charge in [0.1, 0.15) is 18.8 Å². The molecule has 0 bridgehead atoms. The van der Waals surface area contributed by atoms with Crippen LogP contribution in [0.25, 0.3) is 0 Å². The van der Waals surface area contributed by atoms with E-state index in [1.165, 1.54) is 43.2 Å². The number of amides is 1. The molecule has 66 heavy (non-hydrogen) atoms. The summed E-state index contributed by atoms with van der Waals surface area (Å²) in [7, 11) is 1.69. The van der Waals surface area contributed by atoms with Crippen LogP contribution in [-0.2, 0) is 54.9 Å². The second kappa shape index (κ2) is 25.5. The maximum absolute atomic E-state index is 15.2. The smallest absolute Gasteiger partial charge is 0.432 e. The van der Waals surface area contributed by atoms with Crippen molar-refractivity contribution in [2.75, 3.05) is 27.9 Å². The van der Waals surface area contributed by atoms with E-state index in [-0.39, 0.29) is 6.42 Å². The Labute approximate surface area is 380 Å². The Hall–Kier alpha value is -4.68. The molecule has 0 fully saturated rings. The van der Waals surface area contributed by atoms with E-state index >= 15 is 26.3 Å². The maximum atomic E-state index is 15.2. The SMILES string of the molecule is CCCCCCCCCCCCCCC[C@@H](OC(=O)[C@](OC)(c1ccccc1)C(F)(F)F)[C@@H](COC(=O)[C@](OC)(c1ccccc1)C(F)(F)F)NC(=O)[C@](OC)(c1ccccc1)C(F)(F)F. The molecule has 0 saturated carbocycles. The zero-order chi connectivity index (χ0) is 49.1. The number of nitrogens with one attached hydrogen (secondary N) is 1. The van der Waals surface area contributed by atoms with Crippen molar-refractivity contribution in [2.24, 2.45) is 0 Å². The van der Waals surface area contributed by atoms with Crippen molar-refractivity contribution in [1.29, 1.82) is 0 Å². The van der Waals surface area contributed by atoms with Crippen molar-refractivity contribution in [3.63, 3.8) is 0 Å². The van der Waals surface area contributed by atoms with Crippen molar-refractivity contribution < 1.29 is 77.6 Å². The normalized spacial score (nSPS) is 16.0. The van der Waals surface area contributed by atoms with E-state index in [2.05, 4.69) is 6.92 Å². The topological polar surface area (TPSA) is 109 Å². The highest BCUT2D eigenvalue weighted by Gasteiger charge is 2.67. The Bertz CT molecular complexity index is 1900. The number of alkyl halides is 9. The highest BCUT2D eigenvalue weighted by atomic mass is 19.4. The predicted molar refractivity (Wildman–Crippen MR) is 227 cm³/mol. The molecule has 9 nitrogen and oxygen atoms in total. The molecule has 368 valence electrons. The minimum Gasteiger partial charge on any atom is -0.461 e. The number of halogens is 9. The molecule has 0 heterocycles. The molecule has 18 heteroatoms. The number of benzene rings is 3. The van der Waals surface area contributed by atoms with Crippen molar-refractivity contribution in [3.05, 3.63) is 108 Å². The lowest BCUT2D eigenvalue weighted by Crippen LogP contribution is -2.61. The summed E-state index contributed by atoms with van der Waals surface area (Å²) in [5.41, 5.74) is -13.8. The highest BCUT2D eigenvalue weighted by Crippen LogP contribution is 2.46. The second-order valence-electron chi connectivity index (χ2n) is 15.9. The first-order valence-electron chi connectivity index (χ1n) is 22.0. The summed E-state index contributed by atoms with van der Waals surface area (Å²) >= 11 is 0. The summed E-state index contributed by atoms with van der Waals surface area (Å²) in [4.78, 5) is 42.1. The predicted octanol–water partition coefficient (Wildman–Crippen LogP) is 11.7. The van der Waals surface area contributed by atoms with Gasteiger partial charge in [-0.2, -0.15) is 39.5 Å². The number of carbonyl (C=O) groups is 3. The van der Waals surface area contributed by atoms with Crippen LogP contribution in [-0.4, -0.2) is 76.5 Å². The van der Waals surface area contributed by atoms with Crippen molar-refractivity contribution in [1.82, 2.24) is 5.32 Å². The molecular weight excluding hydrogens is 890 g/mol. The van der Waals surface area contributed by atoms with E-state index in [0.717, 1.165) is 112 Å². The van der Waals surface area contributed by atoms with E-state index in [4.69, 9.17) is 23.7 Å². The van der Waals surface area contributed by atoms with Gasteiger partial charge < -0.3 is 29.0 Å². The standard InChI is InChI=1S/C48H60F9NO8/c1-5-6-7-8-9-10-11-12-13-14-15-16-26-33-39(66-42(61)45(64-4,48(55,56)57)37-31-24-19-25-32-37)38(58-40(59)43(62-2,46(49,50)51)35-27-20-17-21-28-35)34-65-41(60)44(63-3,47(52,53)54)36-29-22-18-23-30-36/h17-25,27-32,38-39H,5-16,26,33-34H2,1-4H3,(H,58,59)/t38-,39-,43-,44-,45-/m1/s1. The Morgan fingerprint density at radius 1 is 0.485 bits per heavy atom. The molecular formula is C48H60F9NO8. The number of unbranched alkanes of at least 4 members (excludes halogenated alkanes) is 12. The van der Waals surface area contributed by atoms with Crippen LogP contribution in [0.5, 0.6) is 0 Å². The van der Waals surface area contributed by atoms with Gasteiger partial charge >= 0.3 is 30.5 Å². The monoisotopic (exact) mass is 949 g/mol. The van der Waals surface area contributed by atoms with Crippen LogP contribution in [0, 0.1) is 0 Å². The number of hydrogen-bond donors (Lipinski definition) is 1. The van der Waals surface area contributed by atoms with E-state index < -0.39 is 95.0 Å². The van der Waals surface area contributed by atoms with Crippen LogP contribution in [0.3, 0.4) is 0 Å². The molecule has 0 aliphatic heterocycles. The second-order valence-corrected chi connectivity index (χ2v) is 15.9. The first kappa shape index (κ1) is 55.6. The van der Waals surface area contributed by atoms with Crippen LogP contribution >= 0.6 is 0 Å². The van der Waals surface area contributed by atoms with Crippen LogP contribution in [0.4, 0.5) is 39.5 Å². The van der Waals surface area contributed by atoms with E-state index in [1.54, 1.807) is 0 Å². The lowest BCUT2D eigenvalue weighted by Gasteiger charge is -2.38. The van der Waals surface area contributed by atoms with Gasteiger partial charge in [0.15, 0.2) is 0 Å². The van der Waals surface area contributed by atoms with Crippen LogP contribution < -0.4 is 5.32 Å². The Morgan fingerprint density at radius 2 is 0.818 bits per heavy atom. The molecule has 3 aromatic carbocycles. The summed E-state index contributed by atoms with van der Waals surface area (Å²) in [6, 6.07) is 14.3. The molecule has 0 unspecified atom stereocenters. The lowest BCUT2D eigenvalue weighted by atomic mass is 9.90. The minimum atomic E-state index is -5.56. The van der Waals surface area contributed by atoms with Crippen molar-refractivity contribution in [3.8, 4) is 0 Å². The Morgan fingerprint density at radius 3 is 1.17 bits per heavy atom. The first-order valence-corrected chi connectivity index (χ1v) is 22.0. The molecule has 1 amide bonds.